The smallest absolute Gasteiger partial charge is 0.266 e. The zero-order chi connectivity index (χ0) is 25.2. The molecule has 0 unspecified atom stereocenters. The number of pyridine rings is 1. The second kappa shape index (κ2) is 10.4. The molecule has 2 aliphatic rings. The molecule has 0 spiro atoms. The molecule has 6 nitrogen and oxygen atoms in total. The van der Waals surface area contributed by atoms with Crippen molar-refractivity contribution < 1.29 is 9.59 Å². The molecule has 2 aliphatic heterocycles. The quantitative estimate of drug-likeness (QED) is 0.378. The van der Waals surface area contributed by atoms with E-state index in [4.69, 9.17) is 22.9 Å². The summed E-state index contributed by atoms with van der Waals surface area (Å²) in [7, 11) is 0. The van der Waals surface area contributed by atoms with Crippen molar-refractivity contribution >= 4 is 62.9 Å². The molecular formula is C28H28N4O2S2. The Bertz CT molecular complexity index is 1360. The van der Waals surface area contributed by atoms with Gasteiger partial charge in [-0.25, -0.2) is 4.98 Å². The van der Waals surface area contributed by atoms with Gasteiger partial charge in [0.05, 0.1) is 10.4 Å². The first-order chi connectivity index (χ1) is 17.4. The first kappa shape index (κ1) is 24.5. The van der Waals surface area contributed by atoms with Gasteiger partial charge in [0.25, 0.3) is 5.91 Å². The lowest BCUT2D eigenvalue weighted by atomic mass is 9.96. The number of carbonyl (C=O) groups excluding carboxylic acids is 2. The van der Waals surface area contributed by atoms with Crippen molar-refractivity contribution in [1.82, 2.24) is 9.88 Å². The molecule has 0 aliphatic carbocycles. The first-order valence-corrected chi connectivity index (χ1v) is 13.4. The highest BCUT2D eigenvalue weighted by molar-refractivity contribution is 8.26. The molecule has 0 radical (unpaired) electrons. The lowest BCUT2D eigenvalue weighted by molar-refractivity contribution is -0.123. The van der Waals surface area contributed by atoms with Gasteiger partial charge in [0.2, 0.25) is 5.91 Å². The van der Waals surface area contributed by atoms with Gasteiger partial charge in [-0.15, -0.1) is 0 Å². The molecule has 3 aromatic rings. The maximum atomic E-state index is 13.3. The zero-order valence-corrected chi connectivity index (χ0v) is 21.8. The van der Waals surface area contributed by atoms with Gasteiger partial charge >= 0.3 is 0 Å². The standard InChI is InChI=1S/C28H28N4O2S2/c1-18-7-8-23-21(15-18)16-22(26(30-23)31-12-10-20(11-13-31)25(29)33)17-24-27(34)32(28(35)36-24)14-9-19-5-3-2-4-6-19/h2-8,15-17,20H,9-14H2,1H3,(H2,29,33)/b24-17-. The largest absolute Gasteiger partial charge is 0.369 e. The maximum Gasteiger partial charge on any atom is 0.266 e. The van der Waals surface area contributed by atoms with Crippen LogP contribution in [0.1, 0.15) is 29.5 Å². The number of hydrogen-bond donors (Lipinski definition) is 1. The lowest BCUT2D eigenvalue weighted by Crippen LogP contribution is -2.39. The molecule has 2 amide bonds. The van der Waals surface area contributed by atoms with Crippen molar-refractivity contribution in [2.24, 2.45) is 11.7 Å². The van der Waals surface area contributed by atoms with E-state index in [1.54, 1.807) is 4.90 Å². The van der Waals surface area contributed by atoms with Crippen molar-refractivity contribution in [2.45, 2.75) is 26.2 Å². The highest BCUT2D eigenvalue weighted by atomic mass is 32.2. The Kier molecular flexibility index (Phi) is 7.07. The third-order valence-corrected chi connectivity index (χ3v) is 8.18. The van der Waals surface area contributed by atoms with Crippen LogP contribution in [0.25, 0.3) is 17.0 Å². The molecule has 2 aromatic carbocycles. The van der Waals surface area contributed by atoms with Gasteiger partial charge in [-0.2, -0.15) is 0 Å². The summed E-state index contributed by atoms with van der Waals surface area (Å²) in [5.74, 6) is 0.414. The predicted molar refractivity (Wildman–Crippen MR) is 151 cm³/mol. The van der Waals surface area contributed by atoms with Gasteiger partial charge in [-0.3, -0.25) is 14.5 Å². The predicted octanol–water partition coefficient (Wildman–Crippen LogP) is 4.69. The minimum absolute atomic E-state index is 0.0661. The number of thioether (sulfide) groups is 1. The van der Waals surface area contributed by atoms with Gasteiger partial charge in [0.15, 0.2) is 0 Å². The molecule has 1 aromatic heterocycles. The SMILES string of the molecule is Cc1ccc2nc(N3CCC(C(N)=O)CC3)c(/C=C3\SC(=S)N(CCc4ccccc4)C3=O)cc2c1. The third kappa shape index (κ3) is 5.15. The summed E-state index contributed by atoms with van der Waals surface area (Å²) in [6, 6.07) is 18.4. The Balaban J connectivity index is 1.45. The van der Waals surface area contributed by atoms with Gasteiger partial charge in [0, 0.05) is 36.5 Å². The van der Waals surface area contributed by atoms with Gasteiger partial charge in [-0.05, 0) is 56.0 Å². The summed E-state index contributed by atoms with van der Waals surface area (Å²) in [5.41, 5.74) is 9.65. The van der Waals surface area contributed by atoms with E-state index < -0.39 is 0 Å². The van der Waals surface area contributed by atoms with E-state index in [1.807, 2.05) is 30.3 Å². The Labute approximate surface area is 220 Å². The van der Waals surface area contributed by atoms with E-state index in [-0.39, 0.29) is 17.7 Å². The van der Waals surface area contributed by atoms with Crippen molar-refractivity contribution in [3.05, 3.63) is 76.2 Å². The number of piperidine rings is 1. The molecule has 0 atom stereocenters. The first-order valence-electron chi connectivity index (χ1n) is 12.1. The van der Waals surface area contributed by atoms with Crippen molar-refractivity contribution in [3.63, 3.8) is 0 Å². The molecule has 2 N–H and O–H groups in total. The van der Waals surface area contributed by atoms with E-state index in [0.29, 0.717) is 41.7 Å². The summed E-state index contributed by atoms with van der Waals surface area (Å²) < 4.78 is 0.579. The number of carbonyl (C=O) groups is 2. The number of primary amides is 1. The fourth-order valence-corrected chi connectivity index (χ4v) is 6.06. The van der Waals surface area contributed by atoms with E-state index in [9.17, 15) is 9.59 Å². The van der Waals surface area contributed by atoms with Crippen LogP contribution in [0.4, 0.5) is 5.82 Å². The van der Waals surface area contributed by atoms with Crippen LogP contribution >= 0.6 is 24.0 Å². The number of anilines is 1. The van der Waals surface area contributed by atoms with E-state index in [1.165, 1.54) is 17.3 Å². The van der Waals surface area contributed by atoms with Crippen molar-refractivity contribution in [2.75, 3.05) is 24.5 Å². The molecule has 2 fully saturated rings. The Morgan fingerprint density at radius 2 is 1.92 bits per heavy atom. The van der Waals surface area contributed by atoms with Crippen LogP contribution in [0.5, 0.6) is 0 Å². The summed E-state index contributed by atoms with van der Waals surface area (Å²) >= 11 is 6.91. The number of nitrogens with two attached hydrogens (primary N) is 1. The summed E-state index contributed by atoms with van der Waals surface area (Å²) in [6.07, 6.45) is 4.07. The molecule has 0 bridgehead atoms. The highest BCUT2D eigenvalue weighted by Crippen LogP contribution is 2.36. The van der Waals surface area contributed by atoms with Gasteiger partial charge < -0.3 is 10.6 Å². The molecule has 184 valence electrons. The monoisotopic (exact) mass is 516 g/mol. The van der Waals surface area contributed by atoms with Crippen LogP contribution in [0, 0.1) is 12.8 Å². The zero-order valence-electron chi connectivity index (χ0n) is 20.1. The topological polar surface area (TPSA) is 79.5 Å². The van der Waals surface area contributed by atoms with Crippen LogP contribution < -0.4 is 10.6 Å². The van der Waals surface area contributed by atoms with Gasteiger partial charge in [-0.1, -0.05) is 65.9 Å². The number of rotatable bonds is 6. The molecule has 0 saturated carbocycles. The molecule has 5 rings (SSSR count). The summed E-state index contributed by atoms with van der Waals surface area (Å²) in [5, 5.41) is 1.02. The molecule has 36 heavy (non-hydrogen) atoms. The van der Waals surface area contributed by atoms with Crippen molar-refractivity contribution in [3.8, 4) is 0 Å². The number of thiocarbonyl (C=S) groups is 1. The normalized spacial score (nSPS) is 18.0. The Hall–Kier alpha value is -3.23. The minimum atomic E-state index is -0.240. The van der Waals surface area contributed by atoms with Crippen molar-refractivity contribution in [1.29, 1.82) is 0 Å². The van der Waals surface area contributed by atoms with E-state index >= 15 is 0 Å². The average molecular weight is 517 g/mol. The average Bonchev–Trinajstić information content (AvgIpc) is 3.14. The van der Waals surface area contributed by atoms with Crippen LogP contribution in [0.2, 0.25) is 0 Å². The number of nitrogens with zero attached hydrogens (tertiary/aromatic N) is 3. The summed E-state index contributed by atoms with van der Waals surface area (Å²) in [4.78, 5) is 34.5. The number of aromatic nitrogens is 1. The number of fused-ring (bicyclic) bond motifs is 1. The van der Waals surface area contributed by atoms with Crippen LogP contribution in [0.15, 0.2) is 59.5 Å². The molecule has 8 heteroatoms. The van der Waals surface area contributed by atoms with Crippen LogP contribution in [-0.2, 0) is 16.0 Å². The second-order valence-electron chi connectivity index (χ2n) is 9.33. The number of amides is 2. The van der Waals surface area contributed by atoms with E-state index in [0.717, 1.165) is 34.3 Å². The van der Waals surface area contributed by atoms with E-state index in [2.05, 4.69) is 42.2 Å². The molecular weight excluding hydrogens is 488 g/mol. The Morgan fingerprint density at radius 1 is 1.17 bits per heavy atom. The number of aryl methyl sites for hydroxylation is 1. The van der Waals surface area contributed by atoms with Gasteiger partial charge in [0.1, 0.15) is 10.1 Å². The number of benzene rings is 2. The molecule has 2 saturated heterocycles. The highest BCUT2D eigenvalue weighted by Gasteiger charge is 2.32. The third-order valence-electron chi connectivity index (χ3n) is 6.80. The molecule has 3 heterocycles. The fraction of sp³-hybridized carbons (Fsp3) is 0.286. The minimum Gasteiger partial charge on any atom is -0.369 e. The number of hydrogen-bond acceptors (Lipinski definition) is 6. The fourth-order valence-electron chi connectivity index (χ4n) is 4.76. The maximum absolute atomic E-state index is 13.3. The summed E-state index contributed by atoms with van der Waals surface area (Å²) in [6.45, 7) is 3.99. The van der Waals surface area contributed by atoms with Crippen LogP contribution in [-0.4, -0.2) is 45.7 Å². The Morgan fingerprint density at radius 3 is 2.64 bits per heavy atom. The lowest BCUT2D eigenvalue weighted by Gasteiger charge is -2.32. The second-order valence-corrected chi connectivity index (χ2v) is 11.0. The van der Waals surface area contributed by atoms with Crippen LogP contribution in [0.3, 0.4) is 0 Å².